The van der Waals surface area contributed by atoms with Crippen molar-refractivity contribution in [1.29, 1.82) is 0 Å². The molecule has 0 aliphatic carbocycles. The van der Waals surface area contributed by atoms with Gasteiger partial charge in [0, 0.05) is 40.7 Å². The Labute approximate surface area is 252 Å². The largest absolute Gasteiger partial charge is 0.497 e. The summed E-state index contributed by atoms with van der Waals surface area (Å²) in [5, 5.41) is 3.63. The van der Waals surface area contributed by atoms with Gasteiger partial charge in [0.1, 0.15) is 18.3 Å². The van der Waals surface area contributed by atoms with Gasteiger partial charge in [0.15, 0.2) is 0 Å². The molecule has 0 saturated heterocycles. The molecule has 2 unspecified atom stereocenters. The number of benzene rings is 3. The summed E-state index contributed by atoms with van der Waals surface area (Å²) in [6.45, 7) is 3.15. The van der Waals surface area contributed by atoms with Gasteiger partial charge in [-0.15, -0.1) is 0 Å². The molecule has 8 nitrogen and oxygen atoms in total. The van der Waals surface area contributed by atoms with Crippen LogP contribution in [-0.2, 0) is 32.6 Å². The summed E-state index contributed by atoms with van der Waals surface area (Å²) < 4.78 is 32.1. The van der Waals surface area contributed by atoms with Crippen molar-refractivity contribution in [2.24, 2.45) is 0 Å². The molecule has 1 N–H and O–H groups in total. The molecule has 3 aromatic rings. The first-order valence-corrected chi connectivity index (χ1v) is 15.7. The van der Waals surface area contributed by atoms with Crippen LogP contribution in [-0.4, -0.2) is 57.1 Å². The van der Waals surface area contributed by atoms with Crippen LogP contribution in [0.3, 0.4) is 0 Å². The molecular formula is C30H35Cl2N3O5S. The van der Waals surface area contributed by atoms with Crippen LogP contribution < -0.4 is 14.4 Å². The summed E-state index contributed by atoms with van der Waals surface area (Å²) >= 11 is 13.0. The lowest BCUT2D eigenvalue weighted by molar-refractivity contribution is -0.140. The number of rotatable bonds is 13. The van der Waals surface area contributed by atoms with Crippen LogP contribution >= 0.6 is 23.2 Å². The van der Waals surface area contributed by atoms with E-state index in [9.17, 15) is 18.0 Å². The molecule has 0 spiro atoms. The smallest absolute Gasteiger partial charge is 0.244 e. The molecule has 0 fully saturated rings. The summed E-state index contributed by atoms with van der Waals surface area (Å²) in [4.78, 5) is 29.3. The lowest BCUT2D eigenvalue weighted by Gasteiger charge is -2.34. The quantitative estimate of drug-likeness (QED) is 0.279. The zero-order valence-electron chi connectivity index (χ0n) is 23.5. The highest BCUT2D eigenvalue weighted by molar-refractivity contribution is 7.92. The third kappa shape index (κ3) is 8.86. The van der Waals surface area contributed by atoms with Gasteiger partial charge in [-0.25, -0.2) is 8.42 Å². The zero-order valence-corrected chi connectivity index (χ0v) is 25.8. The fourth-order valence-electron chi connectivity index (χ4n) is 4.23. The predicted octanol–water partition coefficient (Wildman–Crippen LogP) is 5.32. The fraction of sp³-hybridized carbons (Fsp3) is 0.333. The van der Waals surface area contributed by atoms with Crippen molar-refractivity contribution in [2.45, 2.75) is 45.3 Å². The van der Waals surface area contributed by atoms with E-state index in [-0.39, 0.29) is 30.6 Å². The lowest BCUT2D eigenvalue weighted by atomic mass is 10.0. The molecule has 0 heterocycles. The number of methoxy groups -OCH3 is 1. The highest BCUT2D eigenvalue weighted by atomic mass is 35.5. The van der Waals surface area contributed by atoms with E-state index in [0.29, 0.717) is 27.8 Å². The van der Waals surface area contributed by atoms with Gasteiger partial charge in [0.05, 0.1) is 19.1 Å². The maximum Gasteiger partial charge on any atom is 0.244 e. The number of nitrogens with zero attached hydrogens (tertiary/aromatic N) is 2. The number of nitrogens with one attached hydrogen (secondary N) is 1. The molecule has 0 aliphatic heterocycles. The third-order valence-electron chi connectivity index (χ3n) is 6.68. The highest BCUT2D eigenvalue weighted by Crippen LogP contribution is 2.28. The van der Waals surface area contributed by atoms with Crippen LogP contribution in [0.5, 0.6) is 5.75 Å². The number of carbonyl (C=O) groups is 2. The fourth-order valence-corrected chi connectivity index (χ4v) is 5.59. The van der Waals surface area contributed by atoms with Crippen LogP contribution in [0.1, 0.15) is 31.4 Å². The molecule has 2 atom stereocenters. The molecule has 0 radical (unpaired) electrons. The van der Waals surface area contributed by atoms with E-state index in [0.717, 1.165) is 16.1 Å². The number of anilines is 1. The summed E-state index contributed by atoms with van der Waals surface area (Å²) in [5.41, 5.74) is 1.53. The number of amides is 2. The summed E-state index contributed by atoms with van der Waals surface area (Å²) in [6, 6.07) is 19.6. The molecule has 0 bridgehead atoms. The van der Waals surface area contributed by atoms with E-state index < -0.39 is 28.5 Å². The number of hydrogen-bond acceptors (Lipinski definition) is 5. The van der Waals surface area contributed by atoms with Crippen molar-refractivity contribution in [3.8, 4) is 5.75 Å². The lowest BCUT2D eigenvalue weighted by Crippen LogP contribution is -2.54. The van der Waals surface area contributed by atoms with Crippen LogP contribution in [0.2, 0.25) is 10.0 Å². The van der Waals surface area contributed by atoms with E-state index >= 15 is 0 Å². The number of hydrogen-bond donors (Lipinski definition) is 1. The van der Waals surface area contributed by atoms with E-state index in [1.165, 1.54) is 18.1 Å². The molecule has 41 heavy (non-hydrogen) atoms. The first kappa shape index (κ1) is 32.2. The first-order chi connectivity index (χ1) is 19.4. The van der Waals surface area contributed by atoms with Crippen molar-refractivity contribution < 1.29 is 22.7 Å². The average molecular weight is 621 g/mol. The maximum atomic E-state index is 14.2. The van der Waals surface area contributed by atoms with Crippen molar-refractivity contribution in [3.63, 3.8) is 0 Å². The predicted molar refractivity (Wildman–Crippen MR) is 164 cm³/mol. The maximum absolute atomic E-state index is 14.2. The van der Waals surface area contributed by atoms with Gasteiger partial charge >= 0.3 is 0 Å². The van der Waals surface area contributed by atoms with Crippen molar-refractivity contribution in [2.75, 3.05) is 24.2 Å². The Bertz CT molecular complexity index is 1430. The summed E-state index contributed by atoms with van der Waals surface area (Å²) in [7, 11) is -2.44. The minimum absolute atomic E-state index is 0.113. The molecule has 0 aliphatic rings. The average Bonchev–Trinajstić information content (AvgIpc) is 2.94. The molecule has 0 aromatic heterocycles. The molecule has 3 aromatic carbocycles. The Kier molecular flexibility index (Phi) is 11.5. The van der Waals surface area contributed by atoms with Crippen LogP contribution in [0, 0.1) is 0 Å². The summed E-state index contributed by atoms with van der Waals surface area (Å²) in [6.07, 6.45) is 1.90. The Morgan fingerprint density at radius 3 is 2.20 bits per heavy atom. The Hall–Kier alpha value is -3.27. The Morgan fingerprint density at radius 1 is 0.976 bits per heavy atom. The van der Waals surface area contributed by atoms with Gasteiger partial charge in [-0.1, -0.05) is 72.6 Å². The second kappa shape index (κ2) is 14.6. The van der Waals surface area contributed by atoms with Gasteiger partial charge in [-0.2, -0.15) is 0 Å². The standard InChI is InChI=1S/C30H35Cl2N3O5S/c1-5-21(2)33-30(37)28(17-22-11-7-6-8-12-22)34(19-25-26(31)15-10-16-27(25)32)29(36)20-35(41(4,38)39)23-13-9-14-24(18-23)40-3/h6-16,18,21,28H,5,17,19-20H2,1-4H3,(H,33,37). The molecule has 2 amide bonds. The van der Waals surface area contributed by atoms with Crippen LogP contribution in [0.4, 0.5) is 5.69 Å². The van der Waals surface area contributed by atoms with Gasteiger partial charge in [0.2, 0.25) is 21.8 Å². The van der Waals surface area contributed by atoms with E-state index in [4.69, 9.17) is 27.9 Å². The minimum Gasteiger partial charge on any atom is -0.497 e. The topological polar surface area (TPSA) is 96.0 Å². The van der Waals surface area contributed by atoms with Crippen molar-refractivity contribution in [3.05, 3.63) is 94.0 Å². The normalized spacial score (nSPS) is 12.7. The van der Waals surface area contributed by atoms with E-state index in [1.54, 1.807) is 36.4 Å². The van der Waals surface area contributed by atoms with Gasteiger partial charge in [-0.3, -0.25) is 13.9 Å². The number of sulfonamides is 1. The van der Waals surface area contributed by atoms with E-state index in [2.05, 4.69) is 5.32 Å². The van der Waals surface area contributed by atoms with Crippen molar-refractivity contribution >= 4 is 50.7 Å². The minimum atomic E-state index is -3.91. The Morgan fingerprint density at radius 2 is 1.61 bits per heavy atom. The molecule has 220 valence electrons. The number of halogens is 2. The SMILES string of the molecule is CCC(C)NC(=O)C(Cc1ccccc1)N(Cc1c(Cl)cccc1Cl)C(=O)CN(c1cccc(OC)c1)S(C)(=O)=O. The Balaban J connectivity index is 2.11. The number of carbonyl (C=O) groups excluding carboxylic acids is 2. The van der Waals surface area contributed by atoms with Gasteiger partial charge in [0.25, 0.3) is 0 Å². The van der Waals surface area contributed by atoms with Crippen LogP contribution in [0.15, 0.2) is 72.8 Å². The zero-order chi connectivity index (χ0) is 30.2. The molecular weight excluding hydrogens is 585 g/mol. The monoisotopic (exact) mass is 619 g/mol. The second-order valence-corrected chi connectivity index (χ2v) is 12.4. The highest BCUT2D eigenvalue weighted by Gasteiger charge is 2.34. The van der Waals surface area contributed by atoms with Crippen molar-refractivity contribution in [1.82, 2.24) is 10.2 Å². The molecule has 11 heteroatoms. The van der Waals surface area contributed by atoms with Gasteiger partial charge < -0.3 is 15.0 Å². The first-order valence-electron chi connectivity index (χ1n) is 13.1. The van der Waals surface area contributed by atoms with Crippen LogP contribution in [0.25, 0.3) is 0 Å². The van der Waals surface area contributed by atoms with Gasteiger partial charge in [-0.05, 0) is 43.2 Å². The molecule has 0 saturated carbocycles. The second-order valence-electron chi connectivity index (χ2n) is 9.72. The third-order valence-corrected chi connectivity index (χ3v) is 8.53. The molecule has 3 rings (SSSR count). The number of ether oxygens (including phenoxy) is 1. The summed E-state index contributed by atoms with van der Waals surface area (Å²) in [5.74, 6) is -0.542. The van der Waals surface area contributed by atoms with E-state index in [1.807, 2.05) is 44.2 Å².